The van der Waals surface area contributed by atoms with Crippen molar-refractivity contribution in [2.24, 2.45) is 0 Å². The molecule has 1 unspecified atom stereocenters. The van der Waals surface area contributed by atoms with Gasteiger partial charge in [-0.25, -0.2) is 0 Å². The molecule has 0 aliphatic rings. The highest BCUT2D eigenvalue weighted by atomic mass is 127. The van der Waals surface area contributed by atoms with Crippen LogP contribution in [0, 0.1) is 0 Å². The van der Waals surface area contributed by atoms with E-state index in [4.69, 9.17) is 13.3 Å². The molecule has 0 fully saturated rings. The average molecular weight is 408 g/mol. The molecule has 0 aliphatic carbocycles. The summed E-state index contributed by atoms with van der Waals surface area (Å²) in [4.78, 5) is 0. The van der Waals surface area contributed by atoms with E-state index in [1.54, 1.807) is 0 Å². The van der Waals surface area contributed by atoms with Crippen LogP contribution in [0.1, 0.15) is 32.3 Å². The molecule has 0 saturated carbocycles. The van der Waals surface area contributed by atoms with E-state index in [2.05, 4.69) is 46.9 Å². The fourth-order valence-electron chi connectivity index (χ4n) is 2.25. The van der Waals surface area contributed by atoms with Gasteiger partial charge in [-0.2, -0.15) is 0 Å². The highest BCUT2D eigenvalue weighted by Gasteiger charge is 2.42. The van der Waals surface area contributed by atoms with Crippen LogP contribution in [0.2, 0.25) is 6.04 Å². The van der Waals surface area contributed by atoms with E-state index in [1.807, 2.05) is 26.8 Å². The second-order valence-electron chi connectivity index (χ2n) is 4.45. The predicted octanol–water partition coefficient (Wildman–Crippen LogP) is 4.25. The lowest BCUT2D eigenvalue weighted by Crippen LogP contribution is -2.47. The van der Waals surface area contributed by atoms with E-state index in [1.165, 1.54) is 5.56 Å². The molecule has 0 aliphatic heterocycles. The molecule has 3 nitrogen and oxygen atoms in total. The number of hydrogen-bond acceptors (Lipinski definition) is 3. The highest BCUT2D eigenvalue weighted by molar-refractivity contribution is 14.1. The first-order valence-electron chi connectivity index (χ1n) is 7.24. The van der Waals surface area contributed by atoms with E-state index in [0.717, 1.165) is 10.5 Å². The minimum Gasteiger partial charge on any atom is -0.374 e. The van der Waals surface area contributed by atoms with Gasteiger partial charge in [-0.3, -0.25) is 0 Å². The van der Waals surface area contributed by atoms with Crippen LogP contribution in [-0.4, -0.2) is 33.1 Å². The van der Waals surface area contributed by atoms with Gasteiger partial charge in [-0.05, 0) is 32.3 Å². The van der Waals surface area contributed by atoms with Gasteiger partial charge in [0.05, 0.1) is 0 Å². The van der Waals surface area contributed by atoms with Crippen LogP contribution in [0.15, 0.2) is 30.3 Å². The summed E-state index contributed by atoms with van der Waals surface area (Å²) in [6.45, 7) is 7.91. The molecule has 0 heterocycles. The Morgan fingerprint density at radius 2 is 1.45 bits per heavy atom. The second-order valence-corrected chi connectivity index (χ2v) is 7.97. The Balaban J connectivity index is 2.89. The summed E-state index contributed by atoms with van der Waals surface area (Å²) in [5, 5.41) is 0. The largest absolute Gasteiger partial charge is 0.501 e. The van der Waals surface area contributed by atoms with Gasteiger partial charge in [0.2, 0.25) is 0 Å². The van der Waals surface area contributed by atoms with Crippen molar-refractivity contribution in [3.05, 3.63) is 35.9 Å². The van der Waals surface area contributed by atoms with Crippen molar-refractivity contribution in [2.45, 2.75) is 32.7 Å². The standard InChI is InChI=1S/C15H25IO3Si/c1-4-17-20(18-5-2,19-6-3)13-15(12-16)14-10-8-7-9-11-14/h7-11,15H,4-6,12-13H2,1-3H3. The lowest BCUT2D eigenvalue weighted by molar-refractivity contribution is 0.0700. The van der Waals surface area contributed by atoms with Crippen molar-refractivity contribution in [3.63, 3.8) is 0 Å². The Kier molecular flexibility index (Phi) is 8.95. The summed E-state index contributed by atoms with van der Waals surface area (Å²) < 4.78 is 18.9. The summed E-state index contributed by atoms with van der Waals surface area (Å²) in [5.41, 5.74) is 1.33. The van der Waals surface area contributed by atoms with Crippen LogP contribution >= 0.6 is 22.6 Å². The Hall–Kier alpha value is 0.0469. The molecule has 0 bridgehead atoms. The van der Waals surface area contributed by atoms with Crippen LogP contribution in [-0.2, 0) is 13.3 Å². The third-order valence-electron chi connectivity index (χ3n) is 3.05. The van der Waals surface area contributed by atoms with Crippen molar-refractivity contribution in [1.29, 1.82) is 0 Å². The van der Waals surface area contributed by atoms with E-state index < -0.39 is 8.80 Å². The molecule has 0 N–H and O–H groups in total. The summed E-state index contributed by atoms with van der Waals surface area (Å²) in [6, 6.07) is 11.4. The maximum Gasteiger partial charge on any atom is 0.501 e. The molecule has 1 aromatic carbocycles. The molecule has 0 aromatic heterocycles. The molecule has 0 saturated heterocycles. The summed E-state index contributed by atoms with van der Waals surface area (Å²) in [7, 11) is -2.57. The Morgan fingerprint density at radius 1 is 0.950 bits per heavy atom. The van der Waals surface area contributed by atoms with Crippen LogP contribution in [0.4, 0.5) is 0 Å². The Labute approximate surface area is 137 Å². The fraction of sp³-hybridized carbons (Fsp3) is 0.600. The number of alkyl halides is 1. The van der Waals surface area contributed by atoms with Crippen molar-refractivity contribution >= 4 is 31.4 Å². The normalized spacial score (nSPS) is 13.4. The Morgan fingerprint density at radius 3 is 1.85 bits per heavy atom. The maximum absolute atomic E-state index is 5.96. The van der Waals surface area contributed by atoms with E-state index in [0.29, 0.717) is 25.7 Å². The topological polar surface area (TPSA) is 27.7 Å². The molecule has 114 valence electrons. The summed E-state index contributed by atoms with van der Waals surface area (Å²) >= 11 is 2.43. The zero-order valence-corrected chi connectivity index (χ0v) is 15.8. The molecule has 1 rings (SSSR count). The van der Waals surface area contributed by atoms with Crippen LogP contribution in [0.3, 0.4) is 0 Å². The molecule has 0 radical (unpaired) electrons. The van der Waals surface area contributed by atoms with Crippen molar-refractivity contribution in [2.75, 3.05) is 24.2 Å². The van der Waals surface area contributed by atoms with Gasteiger partial charge in [0.15, 0.2) is 0 Å². The van der Waals surface area contributed by atoms with Gasteiger partial charge in [0, 0.05) is 30.3 Å². The van der Waals surface area contributed by atoms with E-state index >= 15 is 0 Å². The Bertz CT molecular complexity index is 344. The highest BCUT2D eigenvalue weighted by Crippen LogP contribution is 2.30. The molecule has 0 spiro atoms. The van der Waals surface area contributed by atoms with Crippen LogP contribution in [0.25, 0.3) is 0 Å². The van der Waals surface area contributed by atoms with E-state index in [-0.39, 0.29) is 0 Å². The van der Waals surface area contributed by atoms with Crippen molar-refractivity contribution in [1.82, 2.24) is 0 Å². The monoisotopic (exact) mass is 408 g/mol. The van der Waals surface area contributed by atoms with Crippen LogP contribution < -0.4 is 0 Å². The molecular formula is C15H25IO3Si. The molecule has 20 heavy (non-hydrogen) atoms. The average Bonchev–Trinajstić information content (AvgIpc) is 2.46. The molecule has 5 heteroatoms. The zero-order chi connectivity index (χ0) is 14.8. The first-order chi connectivity index (χ1) is 9.71. The summed E-state index contributed by atoms with van der Waals surface area (Å²) in [6.07, 6.45) is 0. The second kappa shape index (κ2) is 9.89. The first kappa shape index (κ1) is 18.1. The lowest BCUT2D eigenvalue weighted by Gasteiger charge is -2.31. The predicted molar refractivity (Wildman–Crippen MR) is 93.5 cm³/mol. The molecule has 0 amide bonds. The molecule has 1 aromatic rings. The van der Waals surface area contributed by atoms with Gasteiger partial charge >= 0.3 is 8.80 Å². The number of halogens is 1. The smallest absolute Gasteiger partial charge is 0.374 e. The van der Waals surface area contributed by atoms with Crippen molar-refractivity contribution in [3.8, 4) is 0 Å². The summed E-state index contributed by atoms with van der Waals surface area (Å²) in [5.74, 6) is 0.410. The lowest BCUT2D eigenvalue weighted by atomic mass is 10.0. The minimum absolute atomic E-state index is 0.410. The quantitative estimate of drug-likeness (QED) is 0.329. The van der Waals surface area contributed by atoms with Gasteiger partial charge in [0.25, 0.3) is 0 Å². The number of hydrogen-bond donors (Lipinski definition) is 0. The third-order valence-corrected chi connectivity index (χ3v) is 7.29. The van der Waals surface area contributed by atoms with E-state index in [9.17, 15) is 0 Å². The fourth-order valence-corrected chi connectivity index (χ4v) is 6.56. The number of benzene rings is 1. The third kappa shape index (κ3) is 5.44. The molecule has 1 atom stereocenters. The van der Waals surface area contributed by atoms with Gasteiger partial charge in [-0.1, -0.05) is 52.9 Å². The van der Waals surface area contributed by atoms with Gasteiger partial charge < -0.3 is 13.3 Å². The first-order valence-corrected chi connectivity index (χ1v) is 10.7. The van der Waals surface area contributed by atoms with Crippen molar-refractivity contribution < 1.29 is 13.3 Å². The SMILES string of the molecule is CCO[Si](CC(CI)c1ccccc1)(OCC)OCC. The number of rotatable bonds is 10. The van der Waals surface area contributed by atoms with Gasteiger partial charge in [0.1, 0.15) is 0 Å². The maximum atomic E-state index is 5.96. The zero-order valence-electron chi connectivity index (χ0n) is 12.6. The molecular weight excluding hydrogens is 383 g/mol. The minimum atomic E-state index is -2.57. The van der Waals surface area contributed by atoms with Crippen LogP contribution in [0.5, 0.6) is 0 Å². The van der Waals surface area contributed by atoms with Gasteiger partial charge in [-0.15, -0.1) is 0 Å².